The van der Waals surface area contributed by atoms with Crippen LogP contribution in [0.3, 0.4) is 0 Å². The van der Waals surface area contributed by atoms with E-state index in [9.17, 15) is 0 Å². The van der Waals surface area contributed by atoms with Crippen LogP contribution in [0.2, 0.25) is 0 Å². The normalized spacial score (nSPS) is 14.8. The Morgan fingerprint density at radius 1 is 1.00 bits per heavy atom. The molecule has 0 saturated carbocycles. The third-order valence-corrected chi connectivity index (χ3v) is 3.75. The summed E-state index contributed by atoms with van der Waals surface area (Å²) in [6.07, 6.45) is 0.916. The molecule has 0 saturated heterocycles. The van der Waals surface area contributed by atoms with Crippen molar-refractivity contribution in [3.8, 4) is 17.2 Å². The molecular weight excluding hydrogens is 278 g/mol. The molecule has 0 fully saturated rings. The number of hydrogen-bond donors (Lipinski definition) is 1. The van der Waals surface area contributed by atoms with E-state index in [0.717, 1.165) is 29.4 Å². The molecule has 1 aliphatic heterocycles. The molecule has 1 N–H and O–H groups in total. The minimum Gasteiger partial charge on any atom is -0.497 e. The van der Waals surface area contributed by atoms with Crippen molar-refractivity contribution in [1.29, 1.82) is 0 Å². The highest BCUT2D eigenvalue weighted by Crippen LogP contribution is 2.33. The van der Waals surface area contributed by atoms with Crippen LogP contribution in [-0.2, 0) is 0 Å². The molecule has 2 aromatic rings. The van der Waals surface area contributed by atoms with Gasteiger partial charge in [-0.3, -0.25) is 0 Å². The van der Waals surface area contributed by atoms with Crippen LogP contribution in [0.4, 0.5) is 5.69 Å². The molecule has 0 bridgehead atoms. The van der Waals surface area contributed by atoms with Gasteiger partial charge in [0.05, 0.1) is 20.3 Å². The average molecular weight is 299 g/mol. The number of nitrogens with one attached hydrogen (secondary N) is 1. The second-order valence-electron chi connectivity index (χ2n) is 5.35. The zero-order valence-corrected chi connectivity index (χ0v) is 13.0. The monoisotopic (exact) mass is 299 g/mol. The van der Waals surface area contributed by atoms with Crippen molar-refractivity contribution in [2.45, 2.75) is 19.4 Å². The standard InChI is InChI=1S/C18H21NO3/c1-13(14-4-7-16(20-2)8-5-14)19-15-6-9-17-18(12-15)22-11-3-10-21-17/h4-9,12-13,19H,3,10-11H2,1-2H3. The molecule has 4 heteroatoms. The van der Waals surface area contributed by atoms with Crippen molar-refractivity contribution in [2.24, 2.45) is 0 Å². The van der Waals surface area contributed by atoms with E-state index in [1.807, 2.05) is 30.3 Å². The van der Waals surface area contributed by atoms with Crippen LogP contribution in [0.15, 0.2) is 42.5 Å². The number of anilines is 1. The van der Waals surface area contributed by atoms with E-state index >= 15 is 0 Å². The highest BCUT2D eigenvalue weighted by molar-refractivity contribution is 5.56. The van der Waals surface area contributed by atoms with Gasteiger partial charge in [0, 0.05) is 24.2 Å². The van der Waals surface area contributed by atoms with Crippen molar-refractivity contribution in [3.05, 3.63) is 48.0 Å². The zero-order valence-electron chi connectivity index (χ0n) is 13.0. The van der Waals surface area contributed by atoms with Crippen LogP contribution in [0, 0.1) is 0 Å². The Morgan fingerprint density at radius 3 is 2.45 bits per heavy atom. The highest BCUT2D eigenvalue weighted by atomic mass is 16.5. The average Bonchev–Trinajstić information content (AvgIpc) is 2.79. The summed E-state index contributed by atoms with van der Waals surface area (Å²) in [4.78, 5) is 0. The lowest BCUT2D eigenvalue weighted by molar-refractivity contribution is 0.297. The fraction of sp³-hybridized carbons (Fsp3) is 0.333. The maximum atomic E-state index is 5.73. The van der Waals surface area contributed by atoms with Crippen molar-refractivity contribution in [2.75, 3.05) is 25.6 Å². The Morgan fingerprint density at radius 2 is 1.73 bits per heavy atom. The lowest BCUT2D eigenvalue weighted by Crippen LogP contribution is -2.06. The molecule has 1 aliphatic rings. The minimum absolute atomic E-state index is 0.190. The number of hydrogen-bond acceptors (Lipinski definition) is 4. The maximum absolute atomic E-state index is 5.73. The van der Waals surface area contributed by atoms with E-state index in [1.165, 1.54) is 5.56 Å². The van der Waals surface area contributed by atoms with Crippen molar-refractivity contribution >= 4 is 5.69 Å². The fourth-order valence-electron chi connectivity index (χ4n) is 2.48. The molecule has 3 rings (SSSR count). The molecule has 0 aromatic heterocycles. The van der Waals surface area contributed by atoms with E-state index in [1.54, 1.807) is 7.11 Å². The number of rotatable bonds is 4. The second-order valence-corrected chi connectivity index (χ2v) is 5.35. The predicted molar refractivity (Wildman–Crippen MR) is 87.1 cm³/mol. The molecular formula is C18H21NO3. The molecule has 1 atom stereocenters. The van der Waals surface area contributed by atoms with Crippen LogP contribution in [-0.4, -0.2) is 20.3 Å². The van der Waals surface area contributed by atoms with Crippen LogP contribution >= 0.6 is 0 Å². The zero-order chi connectivity index (χ0) is 15.4. The first-order valence-corrected chi connectivity index (χ1v) is 7.56. The lowest BCUT2D eigenvalue weighted by atomic mass is 10.1. The minimum atomic E-state index is 0.190. The highest BCUT2D eigenvalue weighted by Gasteiger charge is 2.12. The summed E-state index contributed by atoms with van der Waals surface area (Å²) in [5.74, 6) is 2.50. The summed E-state index contributed by atoms with van der Waals surface area (Å²) in [7, 11) is 1.68. The van der Waals surface area contributed by atoms with E-state index in [-0.39, 0.29) is 6.04 Å². The second kappa shape index (κ2) is 6.60. The summed E-state index contributed by atoms with van der Waals surface area (Å²) >= 11 is 0. The van der Waals surface area contributed by atoms with Crippen LogP contribution < -0.4 is 19.5 Å². The molecule has 1 heterocycles. The number of fused-ring (bicyclic) bond motifs is 1. The predicted octanol–water partition coefficient (Wildman–Crippen LogP) is 4.03. The van der Waals surface area contributed by atoms with Gasteiger partial charge in [-0.05, 0) is 36.8 Å². The van der Waals surface area contributed by atoms with Crippen LogP contribution in [0.1, 0.15) is 24.9 Å². The van der Waals surface area contributed by atoms with Crippen LogP contribution in [0.5, 0.6) is 17.2 Å². The third kappa shape index (κ3) is 3.27. The molecule has 0 spiro atoms. The SMILES string of the molecule is COc1ccc(C(C)Nc2ccc3c(c2)OCCCO3)cc1. The van der Waals surface area contributed by atoms with Crippen molar-refractivity contribution < 1.29 is 14.2 Å². The van der Waals surface area contributed by atoms with E-state index < -0.39 is 0 Å². The summed E-state index contributed by atoms with van der Waals surface area (Å²) in [6.45, 7) is 3.54. The van der Waals surface area contributed by atoms with Gasteiger partial charge in [0.15, 0.2) is 11.5 Å². The molecule has 0 amide bonds. The molecule has 4 nitrogen and oxygen atoms in total. The first-order chi connectivity index (χ1) is 10.8. The molecule has 1 unspecified atom stereocenters. The number of methoxy groups -OCH3 is 1. The van der Waals surface area contributed by atoms with Gasteiger partial charge < -0.3 is 19.5 Å². The van der Waals surface area contributed by atoms with Gasteiger partial charge in [0.1, 0.15) is 5.75 Å². The van der Waals surface area contributed by atoms with E-state index in [0.29, 0.717) is 13.2 Å². The van der Waals surface area contributed by atoms with E-state index in [4.69, 9.17) is 14.2 Å². The summed E-state index contributed by atoms with van der Waals surface area (Å²) in [5, 5.41) is 3.49. The quantitative estimate of drug-likeness (QED) is 0.925. The van der Waals surface area contributed by atoms with Crippen molar-refractivity contribution in [3.63, 3.8) is 0 Å². The fourth-order valence-corrected chi connectivity index (χ4v) is 2.48. The largest absolute Gasteiger partial charge is 0.497 e. The number of benzene rings is 2. The first-order valence-electron chi connectivity index (χ1n) is 7.56. The first kappa shape index (κ1) is 14.6. The maximum Gasteiger partial charge on any atom is 0.163 e. The van der Waals surface area contributed by atoms with Crippen LogP contribution in [0.25, 0.3) is 0 Å². The van der Waals surface area contributed by atoms with Gasteiger partial charge in [0.25, 0.3) is 0 Å². The smallest absolute Gasteiger partial charge is 0.163 e. The molecule has 116 valence electrons. The third-order valence-electron chi connectivity index (χ3n) is 3.75. The molecule has 0 aliphatic carbocycles. The Balaban J connectivity index is 1.73. The Bertz CT molecular complexity index is 625. The van der Waals surface area contributed by atoms with Gasteiger partial charge >= 0.3 is 0 Å². The molecule has 0 radical (unpaired) electrons. The lowest BCUT2D eigenvalue weighted by Gasteiger charge is -2.17. The van der Waals surface area contributed by atoms with Gasteiger partial charge in [-0.2, -0.15) is 0 Å². The van der Waals surface area contributed by atoms with Gasteiger partial charge in [-0.1, -0.05) is 12.1 Å². The number of ether oxygens (including phenoxy) is 3. The van der Waals surface area contributed by atoms with Gasteiger partial charge in [0.2, 0.25) is 0 Å². The van der Waals surface area contributed by atoms with Gasteiger partial charge in [-0.15, -0.1) is 0 Å². The molecule has 22 heavy (non-hydrogen) atoms. The Hall–Kier alpha value is -2.36. The molecule has 2 aromatic carbocycles. The Kier molecular flexibility index (Phi) is 4.37. The van der Waals surface area contributed by atoms with E-state index in [2.05, 4.69) is 24.4 Å². The summed E-state index contributed by atoms with van der Waals surface area (Å²) in [6, 6.07) is 14.3. The summed E-state index contributed by atoms with van der Waals surface area (Å²) in [5.41, 5.74) is 2.22. The van der Waals surface area contributed by atoms with Crippen molar-refractivity contribution in [1.82, 2.24) is 0 Å². The topological polar surface area (TPSA) is 39.7 Å². The Labute approximate surface area is 131 Å². The van der Waals surface area contributed by atoms with Gasteiger partial charge in [-0.25, -0.2) is 0 Å². The summed E-state index contributed by atoms with van der Waals surface area (Å²) < 4.78 is 16.6.